The van der Waals surface area contributed by atoms with Gasteiger partial charge in [-0.05, 0) is 27.2 Å². The summed E-state index contributed by atoms with van der Waals surface area (Å²) in [6.07, 6.45) is 1.44. The molecule has 0 bridgehead atoms. The van der Waals surface area contributed by atoms with E-state index in [1.54, 1.807) is 27.8 Å². The molecular weight excluding hydrogens is 278 g/mol. The van der Waals surface area contributed by atoms with Gasteiger partial charge in [0.25, 0.3) is 0 Å². The van der Waals surface area contributed by atoms with Crippen molar-refractivity contribution in [1.29, 1.82) is 0 Å². The highest BCUT2D eigenvalue weighted by molar-refractivity contribution is 5.67. The third kappa shape index (κ3) is 6.11. The Bertz CT molecular complexity index is 506. The van der Waals surface area contributed by atoms with Gasteiger partial charge in [0, 0.05) is 20.1 Å². The molecule has 0 radical (unpaired) electrons. The van der Waals surface area contributed by atoms with E-state index in [4.69, 9.17) is 4.74 Å². The number of rotatable bonds is 6. The molecule has 0 spiro atoms. The van der Waals surface area contributed by atoms with Crippen molar-refractivity contribution in [3.8, 4) is 0 Å². The minimum Gasteiger partial charge on any atom is -0.444 e. The van der Waals surface area contributed by atoms with Crippen LogP contribution in [0.3, 0.4) is 0 Å². The van der Waals surface area contributed by atoms with Gasteiger partial charge in [-0.2, -0.15) is 0 Å². The number of nitro groups is 1. The molecule has 0 aliphatic rings. The number of aromatic nitrogens is 2. The zero-order valence-electron chi connectivity index (χ0n) is 12.7. The van der Waals surface area contributed by atoms with E-state index in [1.165, 1.54) is 10.9 Å². The Hall–Kier alpha value is -2.32. The largest absolute Gasteiger partial charge is 0.444 e. The van der Waals surface area contributed by atoms with Crippen molar-refractivity contribution in [2.75, 3.05) is 18.4 Å². The maximum Gasteiger partial charge on any atom is 0.407 e. The Morgan fingerprint density at radius 3 is 2.71 bits per heavy atom. The second-order valence-electron chi connectivity index (χ2n) is 5.50. The van der Waals surface area contributed by atoms with Gasteiger partial charge in [-0.25, -0.2) is 4.79 Å². The summed E-state index contributed by atoms with van der Waals surface area (Å²) < 4.78 is 6.46. The molecule has 1 aromatic rings. The highest BCUT2D eigenvalue weighted by Gasteiger charge is 2.18. The van der Waals surface area contributed by atoms with E-state index < -0.39 is 16.6 Å². The van der Waals surface area contributed by atoms with Gasteiger partial charge >= 0.3 is 11.8 Å². The van der Waals surface area contributed by atoms with Crippen LogP contribution in [0.2, 0.25) is 0 Å². The zero-order valence-corrected chi connectivity index (χ0v) is 12.7. The monoisotopic (exact) mass is 299 g/mol. The average Bonchev–Trinajstić information content (AvgIpc) is 2.68. The number of nitrogens with zero attached hydrogens (tertiary/aromatic N) is 3. The first-order valence-corrected chi connectivity index (χ1v) is 6.58. The molecule has 0 fully saturated rings. The number of hydrogen-bond acceptors (Lipinski definition) is 6. The van der Waals surface area contributed by atoms with Crippen molar-refractivity contribution in [2.24, 2.45) is 7.05 Å². The number of amides is 1. The summed E-state index contributed by atoms with van der Waals surface area (Å²) in [6.45, 7) is 6.22. The fourth-order valence-corrected chi connectivity index (χ4v) is 1.54. The Labute approximate surface area is 122 Å². The van der Waals surface area contributed by atoms with Crippen LogP contribution >= 0.6 is 0 Å². The fraction of sp³-hybridized carbons (Fsp3) is 0.667. The number of carbonyl (C=O) groups excluding carboxylic acids is 1. The molecule has 0 aliphatic heterocycles. The molecule has 1 rings (SSSR count). The van der Waals surface area contributed by atoms with Crippen LogP contribution in [0, 0.1) is 10.1 Å². The topological polar surface area (TPSA) is 111 Å². The summed E-state index contributed by atoms with van der Waals surface area (Å²) in [7, 11) is 1.61. The van der Waals surface area contributed by atoms with E-state index in [0.29, 0.717) is 19.5 Å². The molecule has 0 unspecified atom stereocenters. The first-order chi connectivity index (χ1) is 9.69. The lowest BCUT2D eigenvalue weighted by molar-refractivity contribution is -0.384. The van der Waals surface area contributed by atoms with Crippen molar-refractivity contribution in [3.05, 3.63) is 16.3 Å². The number of aryl methyl sites for hydroxylation is 1. The van der Waals surface area contributed by atoms with Gasteiger partial charge in [0.15, 0.2) is 0 Å². The highest BCUT2D eigenvalue weighted by Crippen LogP contribution is 2.20. The Kier molecular flexibility index (Phi) is 5.51. The first kappa shape index (κ1) is 16.7. The number of nitrogens with one attached hydrogen (secondary N) is 2. The predicted molar refractivity (Wildman–Crippen MR) is 77.2 cm³/mol. The third-order valence-corrected chi connectivity index (χ3v) is 2.32. The number of carbonyl (C=O) groups is 1. The normalized spacial score (nSPS) is 11.0. The molecule has 118 valence electrons. The van der Waals surface area contributed by atoms with Crippen molar-refractivity contribution in [2.45, 2.75) is 32.8 Å². The summed E-state index contributed by atoms with van der Waals surface area (Å²) in [4.78, 5) is 21.7. The number of hydrogen-bond donors (Lipinski definition) is 2. The van der Waals surface area contributed by atoms with E-state index in [2.05, 4.69) is 15.7 Å². The molecule has 1 heterocycles. The van der Waals surface area contributed by atoms with E-state index in [9.17, 15) is 14.9 Å². The quantitative estimate of drug-likeness (QED) is 0.469. The van der Waals surface area contributed by atoms with Crippen LogP contribution in [0.15, 0.2) is 6.20 Å². The Morgan fingerprint density at radius 2 is 2.14 bits per heavy atom. The number of ether oxygens (including phenoxy) is 1. The second-order valence-corrected chi connectivity index (χ2v) is 5.50. The van der Waals surface area contributed by atoms with E-state index in [-0.39, 0.29) is 11.5 Å². The van der Waals surface area contributed by atoms with Crippen molar-refractivity contribution in [1.82, 2.24) is 15.1 Å². The Morgan fingerprint density at radius 1 is 1.48 bits per heavy atom. The van der Waals surface area contributed by atoms with Crippen molar-refractivity contribution >= 4 is 17.6 Å². The lowest BCUT2D eigenvalue weighted by atomic mass is 10.2. The van der Waals surface area contributed by atoms with Crippen LogP contribution in [-0.2, 0) is 11.8 Å². The minimum atomic E-state index is -0.531. The van der Waals surface area contributed by atoms with Crippen LogP contribution in [-0.4, -0.2) is 39.5 Å². The molecular formula is C12H21N5O4. The van der Waals surface area contributed by atoms with Crippen LogP contribution in [0.1, 0.15) is 27.2 Å². The van der Waals surface area contributed by atoms with Gasteiger partial charge in [-0.3, -0.25) is 14.8 Å². The van der Waals surface area contributed by atoms with Gasteiger partial charge in [-0.15, -0.1) is 5.10 Å². The second kappa shape index (κ2) is 6.91. The molecule has 9 heteroatoms. The molecule has 0 saturated carbocycles. The van der Waals surface area contributed by atoms with Gasteiger partial charge in [-0.1, -0.05) is 0 Å². The van der Waals surface area contributed by atoms with Crippen molar-refractivity contribution < 1.29 is 14.5 Å². The lowest BCUT2D eigenvalue weighted by Gasteiger charge is -2.19. The van der Waals surface area contributed by atoms with Gasteiger partial charge < -0.3 is 15.4 Å². The summed E-state index contributed by atoms with van der Waals surface area (Å²) in [5.41, 5.74) is -0.603. The van der Waals surface area contributed by atoms with E-state index in [0.717, 1.165) is 0 Å². The highest BCUT2D eigenvalue weighted by atomic mass is 16.6. The van der Waals surface area contributed by atoms with Crippen LogP contribution < -0.4 is 10.6 Å². The first-order valence-electron chi connectivity index (χ1n) is 6.58. The van der Waals surface area contributed by atoms with Gasteiger partial charge in [0.2, 0.25) is 5.82 Å². The summed E-state index contributed by atoms with van der Waals surface area (Å²) in [5, 5.41) is 20.2. The average molecular weight is 299 g/mol. The molecule has 0 atom stereocenters. The predicted octanol–water partition coefficient (Wildman–Crippen LogP) is 1.66. The maximum atomic E-state index is 11.4. The lowest BCUT2D eigenvalue weighted by Crippen LogP contribution is -2.33. The molecule has 0 aliphatic carbocycles. The van der Waals surface area contributed by atoms with Crippen LogP contribution in [0.25, 0.3) is 0 Å². The number of anilines is 1. The molecule has 0 saturated heterocycles. The zero-order chi connectivity index (χ0) is 16.0. The van der Waals surface area contributed by atoms with Crippen molar-refractivity contribution in [3.63, 3.8) is 0 Å². The van der Waals surface area contributed by atoms with Gasteiger partial charge in [0.05, 0.1) is 4.92 Å². The van der Waals surface area contributed by atoms with Crippen LogP contribution in [0.5, 0.6) is 0 Å². The number of alkyl carbamates (subject to hydrolysis) is 1. The minimum absolute atomic E-state index is 0.0717. The van der Waals surface area contributed by atoms with E-state index >= 15 is 0 Å². The fourth-order valence-electron chi connectivity index (χ4n) is 1.54. The summed E-state index contributed by atoms with van der Waals surface area (Å²) in [5.74, 6) is 0.222. The Balaban J connectivity index is 2.29. The van der Waals surface area contributed by atoms with Gasteiger partial charge in [0.1, 0.15) is 11.8 Å². The van der Waals surface area contributed by atoms with Crippen LogP contribution in [0.4, 0.5) is 16.3 Å². The summed E-state index contributed by atoms with van der Waals surface area (Å²) in [6, 6.07) is 0. The van der Waals surface area contributed by atoms with E-state index in [1.807, 2.05) is 0 Å². The third-order valence-electron chi connectivity index (χ3n) is 2.32. The maximum absolute atomic E-state index is 11.4. The molecule has 1 amide bonds. The molecule has 1 aromatic heterocycles. The molecule has 9 nitrogen and oxygen atoms in total. The SMILES string of the molecule is Cn1cc([N+](=O)[O-])c(NCCCNC(=O)OC(C)(C)C)n1. The molecule has 0 aromatic carbocycles. The summed E-state index contributed by atoms with van der Waals surface area (Å²) >= 11 is 0. The molecule has 2 N–H and O–H groups in total. The smallest absolute Gasteiger partial charge is 0.407 e. The molecule has 21 heavy (non-hydrogen) atoms. The standard InChI is InChI=1S/C12H21N5O4/c1-12(2,3)21-11(18)14-7-5-6-13-10-9(17(19)20)8-16(4)15-10/h8H,5-7H2,1-4H3,(H,13,15)(H,14,18).